The Morgan fingerprint density at radius 3 is 2.63 bits per heavy atom. The standard InChI is InChI=1S/C33H30ClN7O5/c1-18-39-40-33-26(38-31(20-4-6-21(34)7-5-20)24-14-22(46-2)8-10-27(24)41(18)33)15-29(43)37-17-30(44)35-12-11-19-3-9-25-23(13-19)32(45)28(42)16-36-25/h3-10,13-14,16,26,42H,11-12,15,17H2,1-2H3,(H,35,44)(H,36,45)(H,37,43)/t26-/m0/s1. The number of nitrogens with zero attached hydrogens (tertiary/aromatic N) is 4. The number of carbonyl (C=O) groups excluding carboxylic acids is 2. The number of halogens is 1. The molecule has 0 fully saturated rings. The van der Waals surface area contributed by atoms with Crippen LogP contribution >= 0.6 is 11.6 Å². The van der Waals surface area contributed by atoms with Gasteiger partial charge in [0.1, 0.15) is 17.6 Å². The van der Waals surface area contributed by atoms with Gasteiger partial charge in [-0.3, -0.25) is 23.9 Å². The summed E-state index contributed by atoms with van der Waals surface area (Å²) in [6.07, 6.45) is 1.63. The molecule has 3 heterocycles. The van der Waals surface area contributed by atoms with E-state index in [1.807, 2.05) is 47.9 Å². The SMILES string of the molecule is COc1ccc2c(c1)C(c1ccc(Cl)cc1)=N[C@@H](CC(=O)NCC(=O)NCCc1ccc3[nH]cc(O)c(=O)c3c1)c1nnc(C)n1-2. The van der Waals surface area contributed by atoms with Crippen LogP contribution in [0.2, 0.25) is 5.02 Å². The molecule has 1 aliphatic rings. The number of H-pyrrole nitrogens is 1. The zero-order valence-electron chi connectivity index (χ0n) is 25.0. The molecule has 13 heteroatoms. The highest BCUT2D eigenvalue weighted by Crippen LogP contribution is 2.34. The number of carbonyl (C=O) groups is 2. The van der Waals surface area contributed by atoms with E-state index in [2.05, 4.69) is 25.8 Å². The smallest absolute Gasteiger partial charge is 0.239 e. The van der Waals surface area contributed by atoms with Gasteiger partial charge in [-0.1, -0.05) is 29.8 Å². The first-order valence-electron chi connectivity index (χ1n) is 14.5. The number of aryl methyl sites for hydroxylation is 1. The van der Waals surface area contributed by atoms with E-state index < -0.39 is 11.5 Å². The average Bonchev–Trinajstić information content (AvgIpc) is 3.38. The second-order valence-corrected chi connectivity index (χ2v) is 11.2. The highest BCUT2D eigenvalue weighted by molar-refractivity contribution is 6.30. The van der Waals surface area contributed by atoms with Gasteiger partial charge >= 0.3 is 0 Å². The minimum atomic E-state index is -0.705. The van der Waals surface area contributed by atoms with Crippen molar-refractivity contribution in [1.29, 1.82) is 0 Å². The van der Waals surface area contributed by atoms with Crippen molar-refractivity contribution in [2.45, 2.75) is 25.8 Å². The van der Waals surface area contributed by atoms with E-state index in [-0.39, 0.29) is 30.5 Å². The summed E-state index contributed by atoms with van der Waals surface area (Å²) in [5.74, 6) is 0.660. The van der Waals surface area contributed by atoms with Crippen LogP contribution in [0.4, 0.5) is 0 Å². The van der Waals surface area contributed by atoms with Crippen molar-refractivity contribution >= 4 is 40.0 Å². The molecule has 0 aliphatic carbocycles. The summed E-state index contributed by atoms with van der Waals surface area (Å²) in [5.41, 5.74) is 3.97. The van der Waals surface area contributed by atoms with Crippen LogP contribution in [0, 0.1) is 6.92 Å². The maximum Gasteiger partial charge on any atom is 0.239 e. The third kappa shape index (κ3) is 6.20. The third-order valence-corrected chi connectivity index (χ3v) is 7.99. The highest BCUT2D eigenvalue weighted by atomic mass is 35.5. The lowest BCUT2D eigenvalue weighted by molar-refractivity contribution is -0.126. The molecule has 4 N–H and O–H groups in total. The van der Waals surface area contributed by atoms with Crippen molar-refractivity contribution in [1.82, 2.24) is 30.4 Å². The van der Waals surface area contributed by atoms with Gasteiger partial charge in [0.15, 0.2) is 11.6 Å². The van der Waals surface area contributed by atoms with Crippen molar-refractivity contribution in [3.8, 4) is 17.2 Å². The largest absolute Gasteiger partial charge is 0.503 e. The van der Waals surface area contributed by atoms with Gasteiger partial charge in [-0.05, 0) is 61.4 Å². The Balaban J connectivity index is 1.15. The number of aromatic amines is 1. The lowest BCUT2D eigenvalue weighted by Gasteiger charge is -2.14. The number of aliphatic imine (C=N–C) groups is 1. The number of aromatic hydroxyl groups is 1. The maximum absolute atomic E-state index is 13.2. The summed E-state index contributed by atoms with van der Waals surface area (Å²) in [6.45, 7) is 1.89. The molecule has 5 aromatic rings. The Kier molecular flexibility index (Phi) is 8.53. The van der Waals surface area contributed by atoms with E-state index in [4.69, 9.17) is 21.3 Å². The van der Waals surface area contributed by atoms with Crippen molar-refractivity contribution in [3.63, 3.8) is 0 Å². The van der Waals surface area contributed by atoms with Gasteiger partial charge in [0, 0.05) is 39.8 Å². The van der Waals surface area contributed by atoms with E-state index in [0.29, 0.717) is 52.0 Å². The van der Waals surface area contributed by atoms with Crippen molar-refractivity contribution in [3.05, 3.63) is 110 Å². The van der Waals surface area contributed by atoms with Crippen LogP contribution in [-0.2, 0) is 16.0 Å². The fourth-order valence-electron chi connectivity index (χ4n) is 5.42. The number of rotatable bonds is 9. The number of hydrogen-bond acceptors (Lipinski definition) is 8. The van der Waals surface area contributed by atoms with E-state index in [0.717, 1.165) is 22.4 Å². The summed E-state index contributed by atoms with van der Waals surface area (Å²) >= 11 is 6.17. The van der Waals surface area contributed by atoms with Crippen LogP contribution in [0.3, 0.4) is 0 Å². The molecule has 3 aromatic carbocycles. The molecule has 234 valence electrons. The number of aromatic nitrogens is 4. The van der Waals surface area contributed by atoms with E-state index >= 15 is 0 Å². The third-order valence-electron chi connectivity index (χ3n) is 7.74. The number of benzene rings is 3. The maximum atomic E-state index is 13.2. The van der Waals surface area contributed by atoms with Crippen molar-refractivity contribution < 1.29 is 19.4 Å². The van der Waals surface area contributed by atoms with E-state index in [1.165, 1.54) is 6.20 Å². The number of ether oxygens (including phenoxy) is 1. The number of nitrogens with one attached hydrogen (secondary N) is 3. The molecule has 0 bridgehead atoms. The van der Waals surface area contributed by atoms with Gasteiger partial charge < -0.3 is 25.5 Å². The topological polar surface area (TPSA) is 164 Å². The fourth-order valence-corrected chi connectivity index (χ4v) is 5.55. The molecule has 46 heavy (non-hydrogen) atoms. The van der Waals surface area contributed by atoms with Gasteiger partial charge in [0.25, 0.3) is 0 Å². The predicted octanol–water partition coefficient (Wildman–Crippen LogP) is 3.54. The Hall–Kier alpha value is -5.49. The van der Waals surface area contributed by atoms with Crippen LogP contribution in [-0.4, -0.2) is 62.6 Å². The molecule has 1 atom stereocenters. The van der Waals surface area contributed by atoms with Gasteiger partial charge in [-0.15, -0.1) is 10.2 Å². The molecule has 0 saturated heterocycles. The Bertz CT molecular complexity index is 2050. The van der Waals surface area contributed by atoms with Crippen LogP contribution < -0.4 is 20.8 Å². The quantitative estimate of drug-likeness (QED) is 0.192. The summed E-state index contributed by atoms with van der Waals surface area (Å²) < 4.78 is 7.39. The molecular weight excluding hydrogens is 610 g/mol. The molecule has 0 unspecified atom stereocenters. The molecule has 1 aliphatic heterocycles. The lowest BCUT2D eigenvalue weighted by Crippen LogP contribution is -2.38. The molecule has 0 radical (unpaired) electrons. The first kappa shape index (κ1) is 30.5. The molecule has 0 spiro atoms. The summed E-state index contributed by atoms with van der Waals surface area (Å²) in [6, 6.07) is 17.5. The average molecular weight is 640 g/mol. The number of hydrogen-bond donors (Lipinski definition) is 4. The summed E-state index contributed by atoms with van der Waals surface area (Å²) in [5, 5.41) is 24.8. The number of pyridine rings is 1. The summed E-state index contributed by atoms with van der Waals surface area (Å²) in [4.78, 5) is 45.9. The predicted molar refractivity (Wildman–Crippen MR) is 173 cm³/mol. The zero-order valence-corrected chi connectivity index (χ0v) is 25.8. The van der Waals surface area contributed by atoms with Crippen molar-refractivity contribution in [2.75, 3.05) is 20.2 Å². The first-order valence-corrected chi connectivity index (χ1v) is 14.9. The molecule has 2 aromatic heterocycles. The lowest BCUT2D eigenvalue weighted by atomic mass is 10.00. The monoisotopic (exact) mass is 639 g/mol. The highest BCUT2D eigenvalue weighted by Gasteiger charge is 2.30. The Morgan fingerprint density at radius 2 is 1.85 bits per heavy atom. The van der Waals surface area contributed by atoms with Gasteiger partial charge in [-0.25, -0.2) is 0 Å². The Labute approximate surface area is 268 Å². The molecular formula is C33H30ClN7O5. The minimum absolute atomic E-state index is 0.0773. The fraction of sp³-hybridized carbons (Fsp3) is 0.212. The van der Waals surface area contributed by atoms with Crippen LogP contribution in [0.5, 0.6) is 11.5 Å². The Morgan fingerprint density at radius 1 is 1.04 bits per heavy atom. The van der Waals surface area contributed by atoms with Crippen LogP contribution in [0.25, 0.3) is 16.6 Å². The van der Waals surface area contributed by atoms with Crippen LogP contribution in [0.15, 0.2) is 76.6 Å². The van der Waals surface area contributed by atoms with E-state index in [9.17, 15) is 19.5 Å². The normalized spacial score (nSPS) is 13.7. The van der Waals surface area contributed by atoms with Crippen molar-refractivity contribution in [2.24, 2.45) is 4.99 Å². The zero-order chi connectivity index (χ0) is 32.4. The minimum Gasteiger partial charge on any atom is -0.503 e. The van der Waals surface area contributed by atoms with Crippen LogP contribution in [0.1, 0.15) is 40.8 Å². The second-order valence-electron chi connectivity index (χ2n) is 10.8. The molecule has 6 rings (SSSR count). The van der Waals surface area contributed by atoms with Gasteiger partial charge in [-0.2, -0.15) is 0 Å². The number of amides is 2. The molecule has 12 nitrogen and oxygen atoms in total. The van der Waals surface area contributed by atoms with Gasteiger partial charge in [0.05, 0.1) is 31.5 Å². The molecule has 2 amide bonds. The van der Waals surface area contributed by atoms with E-state index in [1.54, 1.807) is 31.4 Å². The first-order chi connectivity index (χ1) is 22.2. The second kappa shape index (κ2) is 12.9. The number of fused-ring (bicyclic) bond motifs is 4. The summed E-state index contributed by atoms with van der Waals surface area (Å²) in [7, 11) is 1.59. The number of methoxy groups -OCH3 is 1. The van der Waals surface area contributed by atoms with Gasteiger partial charge in [0.2, 0.25) is 17.2 Å². The molecule has 0 saturated carbocycles.